The minimum absolute atomic E-state index is 0.0575. The fraction of sp³-hybridized carbons (Fsp3) is 0.400. The summed E-state index contributed by atoms with van der Waals surface area (Å²) >= 11 is 0. The molecule has 16 heavy (non-hydrogen) atoms. The number of aromatic nitrogens is 1. The van der Waals surface area contributed by atoms with Crippen molar-refractivity contribution in [3.63, 3.8) is 0 Å². The minimum atomic E-state index is -0.121. The molecule has 0 saturated heterocycles. The molecule has 0 aliphatic rings. The summed E-state index contributed by atoms with van der Waals surface area (Å²) in [6.45, 7) is 3.62. The molecule has 1 aromatic rings. The molecule has 1 heterocycles. The smallest absolute Gasteiger partial charge is 0.225 e. The molecule has 0 radical (unpaired) electrons. The standard InChI is InChI=1S/C10H15N3O3/c1-6-5-7(2)12-10(16-4-3-14)8(6)9(11)13-15/h5,14-15H,3-4H2,1-2H3,(H2,11,13). The van der Waals surface area contributed by atoms with Gasteiger partial charge in [0, 0.05) is 5.69 Å². The van der Waals surface area contributed by atoms with Gasteiger partial charge < -0.3 is 20.8 Å². The number of nitrogens with zero attached hydrogens (tertiary/aromatic N) is 2. The topological polar surface area (TPSA) is 101 Å². The number of pyridine rings is 1. The molecule has 0 spiro atoms. The Morgan fingerprint density at radius 3 is 2.81 bits per heavy atom. The molecule has 0 aliphatic carbocycles. The predicted molar refractivity (Wildman–Crippen MR) is 58.8 cm³/mol. The Hall–Kier alpha value is -1.82. The molecule has 6 nitrogen and oxygen atoms in total. The third-order valence-electron chi connectivity index (χ3n) is 2.01. The minimum Gasteiger partial charge on any atom is -0.475 e. The summed E-state index contributed by atoms with van der Waals surface area (Å²) in [4.78, 5) is 4.14. The van der Waals surface area contributed by atoms with Crippen molar-refractivity contribution in [1.82, 2.24) is 4.98 Å². The first-order chi connectivity index (χ1) is 7.60. The summed E-state index contributed by atoms with van der Waals surface area (Å²) in [5.74, 6) is 0.208. The average Bonchev–Trinajstić information content (AvgIpc) is 2.24. The van der Waals surface area contributed by atoms with E-state index in [0.717, 1.165) is 11.3 Å². The number of rotatable bonds is 4. The van der Waals surface area contributed by atoms with Crippen molar-refractivity contribution in [3.8, 4) is 5.88 Å². The van der Waals surface area contributed by atoms with Gasteiger partial charge in [0.1, 0.15) is 6.61 Å². The summed E-state index contributed by atoms with van der Waals surface area (Å²) < 4.78 is 5.24. The van der Waals surface area contributed by atoms with E-state index >= 15 is 0 Å². The van der Waals surface area contributed by atoms with Crippen molar-refractivity contribution in [2.75, 3.05) is 13.2 Å². The highest BCUT2D eigenvalue weighted by Crippen LogP contribution is 2.20. The number of oxime groups is 1. The molecule has 0 amide bonds. The van der Waals surface area contributed by atoms with E-state index in [0.29, 0.717) is 5.56 Å². The summed E-state index contributed by atoms with van der Waals surface area (Å²) in [6, 6.07) is 1.80. The van der Waals surface area contributed by atoms with E-state index in [1.165, 1.54) is 0 Å². The molecule has 0 unspecified atom stereocenters. The molecule has 6 heteroatoms. The van der Waals surface area contributed by atoms with Crippen LogP contribution in [0.25, 0.3) is 0 Å². The molecule has 4 N–H and O–H groups in total. The monoisotopic (exact) mass is 225 g/mol. The van der Waals surface area contributed by atoms with Gasteiger partial charge in [-0.05, 0) is 25.5 Å². The van der Waals surface area contributed by atoms with Crippen LogP contribution in [0.1, 0.15) is 16.8 Å². The molecular formula is C10H15N3O3. The predicted octanol–water partition coefficient (Wildman–Crippen LogP) is 0.164. The molecule has 0 fully saturated rings. The zero-order chi connectivity index (χ0) is 12.1. The van der Waals surface area contributed by atoms with Gasteiger partial charge in [0.05, 0.1) is 12.2 Å². The zero-order valence-corrected chi connectivity index (χ0v) is 9.27. The Labute approximate surface area is 93.4 Å². The number of aliphatic hydroxyl groups is 1. The lowest BCUT2D eigenvalue weighted by atomic mass is 10.1. The second kappa shape index (κ2) is 5.32. The lowest BCUT2D eigenvalue weighted by Gasteiger charge is -2.12. The summed E-state index contributed by atoms with van der Waals surface area (Å²) in [5, 5.41) is 20.3. The van der Waals surface area contributed by atoms with Crippen LogP contribution < -0.4 is 10.5 Å². The average molecular weight is 225 g/mol. The van der Waals surface area contributed by atoms with Crippen molar-refractivity contribution in [2.24, 2.45) is 10.9 Å². The number of aliphatic hydroxyl groups excluding tert-OH is 1. The van der Waals surface area contributed by atoms with Gasteiger partial charge in [0.25, 0.3) is 0 Å². The van der Waals surface area contributed by atoms with Crippen LogP contribution >= 0.6 is 0 Å². The van der Waals surface area contributed by atoms with Gasteiger partial charge >= 0.3 is 0 Å². The Kier molecular flexibility index (Phi) is 4.07. The van der Waals surface area contributed by atoms with Crippen LogP contribution in [0.4, 0.5) is 0 Å². The summed E-state index contributed by atoms with van der Waals surface area (Å²) in [7, 11) is 0. The highest BCUT2D eigenvalue weighted by atomic mass is 16.5. The Morgan fingerprint density at radius 2 is 2.25 bits per heavy atom. The molecular weight excluding hydrogens is 210 g/mol. The fourth-order valence-corrected chi connectivity index (χ4v) is 1.41. The number of hydrogen-bond acceptors (Lipinski definition) is 5. The van der Waals surface area contributed by atoms with Crippen LogP contribution in [-0.2, 0) is 0 Å². The number of nitrogens with two attached hydrogens (primary N) is 1. The quantitative estimate of drug-likeness (QED) is 0.293. The van der Waals surface area contributed by atoms with Crippen molar-refractivity contribution < 1.29 is 15.1 Å². The first kappa shape index (κ1) is 12.3. The van der Waals surface area contributed by atoms with Gasteiger partial charge in [0.2, 0.25) is 5.88 Å². The maximum Gasteiger partial charge on any atom is 0.225 e. The van der Waals surface area contributed by atoms with Gasteiger partial charge in [-0.3, -0.25) is 0 Å². The highest BCUT2D eigenvalue weighted by molar-refractivity contribution is 6.00. The van der Waals surface area contributed by atoms with Crippen LogP contribution in [0, 0.1) is 13.8 Å². The lowest BCUT2D eigenvalue weighted by molar-refractivity contribution is 0.196. The zero-order valence-electron chi connectivity index (χ0n) is 9.27. The molecule has 1 aromatic heterocycles. The van der Waals surface area contributed by atoms with Crippen molar-refractivity contribution in [2.45, 2.75) is 13.8 Å². The van der Waals surface area contributed by atoms with E-state index in [-0.39, 0.29) is 24.9 Å². The largest absolute Gasteiger partial charge is 0.475 e. The van der Waals surface area contributed by atoms with Gasteiger partial charge in [-0.15, -0.1) is 0 Å². The molecule has 1 rings (SSSR count). The van der Waals surface area contributed by atoms with Crippen molar-refractivity contribution >= 4 is 5.84 Å². The van der Waals surface area contributed by atoms with Crippen LogP contribution in [0.15, 0.2) is 11.2 Å². The fourth-order valence-electron chi connectivity index (χ4n) is 1.41. The van der Waals surface area contributed by atoms with E-state index in [9.17, 15) is 0 Å². The molecule has 88 valence electrons. The number of amidine groups is 1. The van der Waals surface area contributed by atoms with Gasteiger partial charge in [-0.2, -0.15) is 0 Å². The summed E-state index contributed by atoms with van der Waals surface area (Å²) in [5.41, 5.74) is 7.55. The van der Waals surface area contributed by atoms with Crippen molar-refractivity contribution in [1.29, 1.82) is 0 Å². The van der Waals surface area contributed by atoms with E-state index in [1.54, 1.807) is 6.07 Å². The van der Waals surface area contributed by atoms with E-state index in [4.69, 9.17) is 20.8 Å². The van der Waals surface area contributed by atoms with Gasteiger partial charge in [-0.1, -0.05) is 5.16 Å². The number of ether oxygens (including phenoxy) is 1. The first-order valence-electron chi connectivity index (χ1n) is 4.80. The van der Waals surface area contributed by atoms with Crippen LogP contribution in [0.3, 0.4) is 0 Å². The normalized spacial score (nSPS) is 11.6. The molecule has 0 aliphatic heterocycles. The SMILES string of the molecule is Cc1cc(C)c(C(N)=NO)c(OCCO)n1. The Bertz CT molecular complexity index is 405. The number of hydrogen-bond donors (Lipinski definition) is 3. The molecule has 0 aromatic carbocycles. The second-order valence-corrected chi connectivity index (χ2v) is 3.32. The maximum atomic E-state index is 8.69. The van der Waals surface area contributed by atoms with Crippen LogP contribution in [0.2, 0.25) is 0 Å². The lowest BCUT2D eigenvalue weighted by Crippen LogP contribution is -2.18. The second-order valence-electron chi connectivity index (χ2n) is 3.32. The molecule has 0 bridgehead atoms. The molecule has 0 atom stereocenters. The highest BCUT2D eigenvalue weighted by Gasteiger charge is 2.14. The van der Waals surface area contributed by atoms with E-state index in [1.807, 2.05) is 13.8 Å². The van der Waals surface area contributed by atoms with Gasteiger partial charge in [0.15, 0.2) is 5.84 Å². The molecule has 0 saturated carbocycles. The maximum absolute atomic E-state index is 8.69. The number of aryl methyl sites for hydroxylation is 2. The Balaban J connectivity index is 3.21. The van der Waals surface area contributed by atoms with Crippen molar-refractivity contribution in [3.05, 3.63) is 22.9 Å². The van der Waals surface area contributed by atoms with Crippen LogP contribution in [-0.4, -0.2) is 34.3 Å². The third kappa shape index (κ3) is 2.60. The van der Waals surface area contributed by atoms with Crippen LogP contribution in [0.5, 0.6) is 5.88 Å². The first-order valence-corrected chi connectivity index (χ1v) is 4.80. The van der Waals surface area contributed by atoms with Gasteiger partial charge in [-0.25, -0.2) is 4.98 Å². The Morgan fingerprint density at radius 1 is 1.56 bits per heavy atom. The van der Waals surface area contributed by atoms with E-state index < -0.39 is 0 Å². The summed E-state index contributed by atoms with van der Waals surface area (Å²) in [6.07, 6.45) is 0. The third-order valence-corrected chi connectivity index (χ3v) is 2.01. The van der Waals surface area contributed by atoms with E-state index in [2.05, 4.69) is 10.1 Å².